The maximum atomic E-state index is 10.1. The van der Waals surface area contributed by atoms with Gasteiger partial charge in [-0.25, -0.2) is 4.79 Å². The van der Waals surface area contributed by atoms with Crippen molar-refractivity contribution in [2.75, 3.05) is 13.6 Å². The smallest absolute Gasteiger partial charge is 0.328 e. The van der Waals surface area contributed by atoms with Crippen LogP contribution in [0, 0.1) is 0 Å². The minimum atomic E-state index is -0.888. The molecule has 0 aliphatic carbocycles. The van der Waals surface area contributed by atoms with E-state index >= 15 is 0 Å². The number of hydrogen-bond acceptors (Lipinski definition) is 2. The maximum absolute atomic E-state index is 10.1. The molecule has 11 heavy (non-hydrogen) atoms. The standard InChI is InChI=1S/C8H15NO2/c1-4-9(3)7(2)5-6-8(10)11/h5-7H,4H2,1-3H3,(H,10,11)/b6-5+/t7-/m0/s1. The van der Waals surface area contributed by atoms with Crippen LogP contribution < -0.4 is 0 Å². The number of rotatable bonds is 4. The molecule has 0 aliphatic heterocycles. The van der Waals surface area contributed by atoms with Crippen molar-refractivity contribution in [1.82, 2.24) is 4.90 Å². The Morgan fingerprint density at radius 1 is 1.73 bits per heavy atom. The first-order chi connectivity index (χ1) is 5.07. The second kappa shape index (κ2) is 4.91. The van der Waals surface area contributed by atoms with E-state index in [0.717, 1.165) is 6.54 Å². The summed E-state index contributed by atoms with van der Waals surface area (Å²) in [5.41, 5.74) is 0. The van der Waals surface area contributed by atoms with Crippen LogP contribution in [-0.4, -0.2) is 35.6 Å². The first-order valence-electron chi connectivity index (χ1n) is 3.69. The van der Waals surface area contributed by atoms with Gasteiger partial charge in [0.15, 0.2) is 0 Å². The zero-order valence-corrected chi connectivity index (χ0v) is 7.24. The Balaban J connectivity index is 3.85. The molecule has 0 heterocycles. The lowest BCUT2D eigenvalue weighted by molar-refractivity contribution is -0.131. The van der Waals surface area contributed by atoms with E-state index in [0.29, 0.717) is 0 Å². The van der Waals surface area contributed by atoms with Crippen molar-refractivity contribution in [3.63, 3.8) is 0 Å². The van der Waals surface area contributed by atoms with E-state index < -0.39 is 5.97 Å². The summed E-state index contributed by atoms with van der Waals surface area (Å²) in [5.74, 6) is -0.888. The van der Waals surface area contributed by atoms with Crippen LogP contribution >= 0.6 is 0 Å². The van der Waals surface area contributed by atoms with Gasteiger partial charge in [-0.15, -0.1) is 0 Å². The van der Waals surface area contributed by atoms with E-state index in [2.05, 4.69) is 4.90 Å². The molecule has 0 saturated carbocycles. The van der Waals surface area contributed by atoms with Crippen LogP contribution in [-0.2, 0) is 4.79 Å². The van der Waals surface area contributed by atoms with Crippen molar-refractivity contribution < 1.29 is 9.90 Å². The fourth-order valence-electron chi connectivity index (χ4n) is 0.656. The molecule has 0 aromatic heterocycles. The molecule has 3 nitrogen and oxygen atoms in total. The number of hydrogen-bond donors (Lipinski definition) is 1. The number of nitrogens with zero attached hydrogens (tertiary/aromatic N) is 1. The van der Waals surface area contributed by atoms with Crippen molar-refractivity contribution >= 4 is 5.97 Å². The highest BCUT2D eigenvalue weighted by molar-refractivity contribution is 5.79. The molecule has 0 amide bonds. The minimum Gasteiger partial charge on any atom is -0.478 e. The van der Waals surface area contributed by atoms with Crippen LogP contribution in [0.5, 0.6) is 0 Å². The van der Waals surface area contributed by atoms with E-state index in [4.69, 9.17) is 5.11 Å². The van der Waals surface area contributed by atoms with Gasteiger partial charge in [-0.2, -0.15) is 0 Å². The van der Waals surface area contributed by atoms with Crippen molar-refractivity contribution in [3.05, 3.63) is 12.2 Å². The van der Waals surface area contributed by atoms with Crippen molar-refractivity contribution in [3.8, 4) is 0 Å². The van der Waals surface area contributed by atoms with Gasteiger partial charge in [0.1, 0.15) is 0 Å². The number of carboxylic acid groups (broad SMARTS) is 1. The van der Waals surface area contributed by atoms with Crippen LogP contribution in [0.25, 0.3) is 0 Å². The molecule has 0 radical (unpaired) electrons. The first-order valence-corrected chi connectivity index (χ1v) is 3.69. The van der Waals surface area contributed by atoms with Crippen LogP contribution in [0.15, 0.2) is 12.2 Å². The van der Waals surface area contributed by atoms with Gasteiger partial charge in [-0.3, -0.25) is 0 Å². The topological polar surface area (TPSA) is 40.5 Å². The number of likely N-dealkylation sites (N-methyl/N-ethyl adjacent to an activating group) is 1. The summed E-state index contributed by atoms with van der Waals surface area (Å²) in [6.07, 6.45) is 2.85. The maximum Gasteiger partial charge on any atom is 0.328 e. The average Bonchev–Trinajstić information content (AvgIpc) is 1.98. The summed E-state index contributed by atoms with van der Waals surface area (Å²) >= 11 is 0. The molecule has 0 fully saturated rings. The highest BCUT2D eigenvalue weighted by Gasteiger charge is 2.01. The van der Waals surface area contributed by atoms with Gasteiger partial charge in [0.05, 0.1) is 0 Å². The number of aliphatic carboxylic acids is 1. The SMILES string of the molecule is CCN(C)[C@@H](C)/C=C/C(=O)O. The molecule has 0 bridgehead atoms. The molecule has 0 spiro atoms. The van der Waals surface area contributed by atoms with E-state index in [1.54, 1.807) is 6.08 Å². The lowest BCUT2D eigenvalue weighted by Gasteiger charge is -2.18. The zero-order valence-electron chi connectivity index (χ0n) is 7.24. The van der Waals surface area contributed by atoms with Gasteiger partial charge in [0.2, 0.25) is 0 Å². The van der Waals surface area contributed by atoms with Crippen molar-refractivity contribution in [2.24, 2.45) is 0 Å². The van der Waals surface area contributed by atoms with E-state index in [-0.39, 0.29) is 6.04 Å². The van der Waals surface area contributed by atoms with E-state index in [1.165, 1.54) is 6.08 Å². The Labute approximate surface area is 67.3 Å². The lowest BCUT2D eigenvalue weighted by Crippen LogP contribution is -2.26. The summed E-state index contributed by atoms with van der Waals surface area (Å²) in [7, 11) is 1.96. The summed E-state index contributed by atoms with van der Waals surface area (Å²) in [6, 6.07) is 0.191. The highest BCUT2D eigenvalue weighted by Crippen LogP contribution is 1.95. The molecule has 64 valence electrons. The van der Waals surface area contributed by atoms with Crippen LogP contribution in [0.2, 0.25) is 0 Å². The molecule has 0 aromatic rings. The Hall–Kier alpha value is -0.830. The molecule has 0 aliphatic rings. The second-order valence-electron chi connectivity index (χ2n) is 2.51. The van der Waals surface area contributed by atoms with Gasteiger partial charge < -0.3 is 10.0 Å². The summed E-state index contributed by atoms with van der Waals surface area (Å²) in [5, 5.41) is 8.31. The predicted molar refractivity (Wildman–Crippen MR) is 44.5 cm³/mol. The molecule has 0 rings (SSSR count). The molecular formula is C8H15NO2. The third-order valence-electron chi connectivity index (χ3n) is 1.71. The summed E-state index contributed by atoms with van der Waals surface area (Å²) in [6.45, 7) is 4.92. The Morgan fingerprint density at radius 2 is 2.27 bits per heavy atom. The van der Waals surface area contributed by atoms with Gasteiger partial charge in [-0.05, 0) is 20.5 Å². The fraction of sp³-hybridized carbons (Fsp3) is 0.625. The van der Waals surface area contributed by atoms with Gasteiger partial charge >= 0.3 is 5.97 Å². The third kappa shape index (κ3) is 4.56. The van der Waals surface area contributed by atoms with Crippen LogP contribution in [0.3, 0.4) is 0 Å². The Bertz CT molecular complexity index is 154. The Morgan fingerprint density at radius 3 is 2.64 bits per heavy atom. The molecule has 1 N–H and O–H groups in total. The molecular weight excluding hydrogens is 142 g/mol. The molecule has 0 aromatic carbocycles. The predicted octanol–water partition coefficient (Wildman–Crippen LogP) is 0.967. The van der Waals surface area contributed by atoms with Crippen molar-refractivity contribution in [2.45, 2.75) is 19.9 Å². The number of carbonyl (C=O) groups is 1. The van der Waals surface area contributed by atoms with Crippen LogP contribution in [0.1, 0.15) is 13.8 Å². The van der Waals surface area contributed by atoms with E-state index in [1.807, 2.05) is 20.9 Å². The van der Waals surface area contributed by atoms with Crippen LogP contribution in [0.4, 0.5) is 0 Å². The molecule has 0 unspecified atom stereocenters. The average molecular weight is 157 g/mol. The second-order valence-corrected chi connectivity index (χ2v) is 2.51. The minimum absolute atomic E-state index is 0.191. The lowest BCUT2D eigenvalue weighted by atomic mass is 10.3. The normalized spacial score (nSPS) is 14.2. The molecule has 0 saturated heterocycles. The monoisotopic (exact) mass is 157 g/mol. The summed E-state index contributed by atoms with van der Waals surface area (Å²) in [4.78, 5) is 12.2. The quantitative estimate of drug-likeness (QED) is 0.618. The fourth-order valence-corrected chi connectivity index (χ4v) is 0.656. The Kier molecular flexibility index (Phi) is 4.54. The van der Waals surface area contributed by atoms with E-state index in [9.17, 15) is 4.79 Å². The van der Waals surface area contributed by atoms with Gasteiger partial charge in [0, 0.05) is 12.1 Å². The number of carboxylic acids is 1. The van der Waals surface area contributed by atoms with Gasteiger partial charge in [-0.1, -0.05) is 13.0 Å². The zero-order chi connectivity index (χ0) is 8.85. The summed E-state index contributed by atoms with van der Waals surface area (Å²) < 4.78 is 0. The largest absolute Gasteiger partial charge is 0.478 e. The molecule has 3 heteroatoms. The first kappa shape index (κ1) is 10.2. The highest BCUT2D eigenvalue weighted by atomic mass is 16.4. The molecule has 1 atom stereocenters. The van der Waals surface area contributed by atoms with Gasteiger partial charge in [0.25, 0.3) is 0 Å². The van der Waals surface area contributed by atoms with Crippen molar-refractivity contribution in [1.29, 1.82) is 0 Å². The third-order valence-corrected chi connectivity index (χ3v) is 1.71.